The zero-order chi connectivity index (χ0) is 20.5. The van der Waals surface area contributed by atoms with E-state index >= 15 is 0 Å². The van der Waals surface area contributed by atoms with Crippen LogP contribution in [-0.4, -0.2) is 30.5 Å². The number of carbonyl (C=O) groups excluding carboxylic acids is 1. The van der Waals surface area contributed by atoms with Crippen LogP contribution in [0.3, 0.4) is 0 Å². The molecule has 1 fully saturated rings. The van der Waals surface area contributed by atoms with E-state index in [0.717, 1.165) is 31.9 Å². The number of primary amides is 1. The highest BCUT2D eigenvalue weighted by Gasteiger charge is 2.44. The number of sulfone groups is 1. The van der Waals surface area contributed by atoms with Crippen molar-refractivity contribution in [2.75, 3.05) is 6.26 Å². The number of amides is 1. The average Bonchev–Trinajstić information content (AvgIpc) is 3.12. The number of rotatable bonds is 6. The molecule has 0 spiro atoms. The fourth-order valence-electron chi connectivity index (χ4n) is 3.99. The van der Waals surface area contributed by atoms with E-state index in [1.54, 1.807) is 6.07 Å². The van der Waals surface area contributed by atoms with Gasteiger partial charge in [-0.15, -0.1) is 0 Å². The Balaban J connectivity index is 2.21. The molecule has 0 saturated heterocycles. The molecule has 150 valence electrons. The van der Waals surface area contributed by atoms with E-state index in [1.165, 1.54) is 24.5 Å². The highest BCUT2D eigenvalue weighted by Crippen LogP contribution is 2.43. The monoisotopic (exact) mass is 485 g/mol. The highest BCUT2D eigenvalue weighted by atomic mass is 79.9. The van der Waals surface area contributed by atoms with Gasteiger partial charge in [-0.3, -0.25) is 9.78 Å². The lowest BCUT2D eigenvalue weighted by atomic mass is 9.70. The quantitative estimate of drug-likeness (QED) is 0.671. The van der Waals surface area contributed by atoms with Gasteiger partial charge in [-0.1, -0.05) is 43.4 Å². The fraction of sp³-hybridized carbons (Fsp3) is 0.421. The lowest BCUT2D eigenvalue weighted by Gasteiger charge is -2.33. The first-order valence-corrected chi connectivity index (χ1v) is 12.0. The van der Waals surface area contributed by atoms with Crippen molar-refractivity contribution in [3.05, 3.63) is 51.5 Å². The largest absolute Gasteiger partial charge is 0.369 e. The maximum Gasteiger partial charge on any atom is 0.234 e. The summed E-state index contributed by atoms with van der Waals surface area (Å²) in [5, 5.41) is 0.0575. The average molecular weight is 487 g/mol. The summed E-state index contributed by atoms with van der Waals surface area (Å²) in [5.41, 5.74) is 5.67. The number of nitrogens with two attached hydrogens (primary N) is 1. The zero-order valence-corrected chi connectivity index (χ0v) is 18.5. The number of halogens is 2. The lowest BCUT2D eigenvalue weighted by molar-refractivity contribution is -0.122. The van der Waals surface area contributed by atoms with Crippen LogP contribution >= 0.6 is 27.5 Å². The minimum absolute atomic E-state index is 0.0130. The normalized spacial score (nSPS) is 17.4. The van der Waals surface area contributed by atoms with E-state index in [-0.39, 0.29) is 9.92 Å². The summed E-state index contributed by atoms with van der Waals surface area (Å²) in [5.74, 6) is -0.245. The predicted octanol–water partition coefficient (Wildman–Crippen LogP) is 3.65. The Labute approximate surface area is 178 Å². The summed E-state index contributed by atoms with van der Waals surface area (Å²) in [6.07, 6.45) is 8.86. The third-order valence-corrected chi connectivity index (χ3v) is 7.36. The van der Waals surface area contributed by atoms with Crippen LogP contribution in [0.4, 0.5) is 0 Å². The molecule has 1 aromatic heterocycles. The van der Waals surface area contributed by atoms with Crippen molar-refractivity contribution >= 4 is 43.3 Å². The summed E-state index contributed by atoms with van der Waals surface area (Å²) >= 11 is 9.54. The molecular formula is C19H21BrClN3O3S. The molecule has 1 aromatic carbocycles. The highest BCUT2D eigenvalue weighted by molar-refractivity contribution is 9.10. The fourth-order valence-corrected chi connectivity index (χ4v) is 5.52. The summed E-state index contributed by atoms with van der Waals surface area (Å²) < 4.78 is 24.4. The molecule has 3 rings (SSSR count). The van der Waals surface area contributed by atoms with Crippen LogP contribution in [0, 0.1) is 5.92 Å². The van der Waals surface area contributed by atoms with Crippen LogP contribution in [0.15, 0.2) is 40.1 Å². The Morgan fingerprint density at radius 2 is 1.96 bits per heavy atom. The molecule has 1 aliphatic rings. The van der Waals surface area contributed by atoms with Gasteiger partial charge in [0.25, 0.3) is 0 Å². The SMILES string of the molecule is CS(=O)(=O)c1ccc(C(CC2CCCC2)(C(N)=O)c2cnc(Br)cn2)cc1Cl. The Morgan fingerprint density at radius 1 is 1.29 bits per heavy atom. The predicted molar refractivity (Wildman–Crippen MR) is 111 cm³/mol. The Kier molecular flexibility index (Phi) is 6.12. The van der Waals surface area contributed by atoms with Crippen molar-refractivity contribution in [2.45, 2.75) is 42.4 Å². The van der Waals surface area contributed by atoms with Crippen molar-refractivity contribution in [1.29, 1.82) is 0 Å². The van der Waals surface area contributed by atoms with Crippen LogP contribution in [-0.2, 0) is 20.0 Å². The Bertz CT molecular complexity index is 992. The number of benzene rings is 1. The van der Waals surface area contributed by atoms with E-state index in [2.05, 4.69) is 25.9 Å². The minimum atomic E-state index is -3.49. The molecule has 1 amide bonds. The molecule has 0 aliphatic heterocycles. The third-order valence-electron chi connectivity index (χ3n) is 5.37. The maximum absolute atomic E-state index is 12.9. The molecule has 1 saturated carbocycles. The maximum atomic E-state index is 12.9. The first kappa shape index (κ1) is 21.2. The summed E-state index contributed by atoms with van der Waals surface area (Å²) in [6, 6.07) is 4.54. The van der Waals surface area contributed by atoms with Crippen molar-refractivity contribution in [3.63, 3.8) is 0 Å². The number of nitrogens with zero attached hydrogens (tertiary/aromatic N) is 2. The van der Waals surface area contributed by atoms with Crippen LogP contribution in [0.2, 0.25) is 5.02 Å². The molecule has 9 heteroatoms. The second-order valence-electron chi connectivity index (χ2n) is 7.27. The van der Waals surface area contributed by atoms with Crippen LogP contribution < -0.4 is 5.73 Å². The molecule has 0 radical (unpaired) electrons. The van der Waals surface area contributed by atoms with E-state index in [9.17, 15) is 13.2 Å². The van der Waals surface area contributed by atoms with E-state index < -0.39 is 21.2 Å². The van der Waals surface area contributed by atoms with Gasteiger partial charge in [-0.25, -0.2) is 13.4 Å². The minimum Gasteiger partial charge on any atom is -0.369 e. The second-order valence-corrected chi connectivity index (χ2v) is 10.5. The van der Waals surface area contributed by atoms with Gasteiger partial charge in [0, 0.05) is 6.26 Å². The molecular weight excluding hydrogens is 466 g/mol. The number of hydrogen-bond donors (Lipinski definition) is 1. The van der Waals surface area contributed by atoms with Gasteiger partial charge in [-0.05, 0) is 46.0 Å². The first-order chi connectivity index (χ1) is 13.1. The molecule has 0 bridgehead atoms. The van der Waals surface area contributed by atoms with Gasteiger partial charge in [0.2, 0.25) is 5.91 Å². The van der Waals surface area contributed by atoms with Crippen LogP contribution in [0.5, 0.6) is 0 Å². The Hall–Kier alpha value is -1.51. The standard InChI is InChI=1S/C19H21BrClN3O3S/c1-28(26,27)15-7-6-13(8-14(15)21)19(18(22)25,9-12-4-2-3-5-12)16-10-24-17(20)11-23-16/h6-8,10-12H,2-5,9H2,1H3,(H2,22,25). The van der Waals surface area contributed by atoms with Crippen molar-refractivity contribution < 1.29 is 13.2 Å². The van der Waals surface area contributed by atoms with Crippen molar-refractivity contribution in [1.82, 2.24) is 9.97 Å². The molecule has 1 aliphatic carbocycles. The molecule has 28 heavy (non-hydrogen) atoms. The van der Waals surface area contributed by atoms with Gasteiger partial charge in [0.1, 0.15) is 10.0 Å². The molecule has 1 heterocycles. The van der Waals surface area contributed by atoms with Gasteiger partial charge < -0.3 is 5.73 Å². The van der Waals surface area contributed by atoms with Crippen LogP contribution in [0.25, 0.3) is 0 Å². The molecule has 1 unspecified atom stereocenters. The zero-order valence-electron chi connectivity index (χ0n) is 15.4. The third kappa shape index (κ3) is 4.09. The van der Waals surface area contributed by atoms with Gasteiger partial charge in [-0.2, -0.15) is 0 Å². The van der Waals surface area contributed by atoms with Gasteiger partial charge in [0.15, 0.2) is 9.84 Å². The van der Waals surface area contributed by atoms with E-state index in [1.807, 2.05) is 0 Å². The topological polar surface area (TPSA) is 103 Å². The Morgan fingerprint density at radius 3 is 2.46 bits per heavy atom. The molecule has 6 nitrogen and oxygen atoms in total. The first-order valence-electron chi connectivity index (χ1n) is 8.92. The number of hydrogen-bond acceptors (Lipinski definition) is 5. The molecule has 2 N–H and O–H groups in total. The number of carbonyl (C=O) groups is 1. The smallest absolute Gasteiger partial charge is 0.234 e. The summed E-state index contributed by atoms with van der Waals surface area (Å²) in [6.45, 7) is 0. The summed E-state index contributed by atoms with van der Waals surface area (Å²) in [7, 11) is -3.49. The van der Waals surface area contributed by atoms with Crippen molar-refractivity contribution in [2.24, 2.45) is 11.7 Å². The van der Waals surface area contributed by atoms with Gasteiger partial charge in [0.05, 0.1) is 28.0 Å². The lowest BCUT2D eigenvalue weighted by Crippen LogP contribution is -2.44. The number of aromatic nitrogens is 2. The second kappa shape index (κ2) is 8.08. The molecule has 1 atom stereocenters. The van der Waals surface area contributed by atoms with E-state index in [4.69, 9.17) is 17.3 Å². The molecule has 2 aromatic rings. The summed E-state index contributed by atoms with van der Waals surface area (Å²) in [4.78, 5) is 21.5. The van der Waals surface area contributed by atoms with Gasteiger partial charge >= 0.3 is 0 Å². The van der Waals surface area contributed by atoms with Crippen LogP contribution in [0.1, 0.15) is 43.4 Å². The van der Waals surface area contributed by atoms with Crippen molar-refractivity contribution in [3.8, 4) is 0 Å². The van der Waals surface area contributed by atoms with E-state index in [0.29, 0.717) is 28.2 Å².